The molecular weight excluding hydrogens is 254 g/mol. The molecule has 0 saturated carbocycles. The van der Waals surface area contributed by atoms with E-state index in [1.807, 2.05) is 0 Å². The van der Waals surface area contributed by atoms with Crippen LogP contribution in [-0.2, 0) is 14.6 Å². The molecule has 0 aliphatic carbocycles. The number of rotatable bonds is 5. The molecule has 7 heteroatoms. The summed E-state index contributed by atoms with van der Waals surface area (Å²) in [5, 5.41) is 8.36. The van der Waals surface area contributed by atoms with Gasteiger partial charge in [0.1, 0.15) is 0 Å². The van der Waals surface area contributed by atoms with Gasteiger partial charge in [-0.15, -0.1) is 0 Å². The molecule has 0 fully saturated rings. The molecule has 0 amide bonds. The first-order valence-corrected chi connectivity index (χ1v) is 6.38. The molecule has 0 unspecified atom stereocenters. The predicted octanol–water partition coefficient (Wildman–Crippen LogP) is 1.60. The third-order valence-corrected chi connectivity index (χ3v) is 3.85. The number of hydrogen-bond acceptors (Lipinski definition) is 3. The van der Waals surface area contributed by atoms with Gasteiger partial charge in [0.2, 0.25) is 0 Å². The maximum atomic E-state index is 12.8. The van der Waals surface area contributed by atoms with Crippen molar-refractivity contribution < 1.29 is 27.1 Å². The minimum absolute atomic E-state index is 0.0728. The van der Waals surface area contributed by atoms with E-state index in [4.69, 9.17) is 5.11 Å². The molecule has 0 spiro atoms. The largest absolute Gasteiger partial charge is 0.481 e. The maximum absolute atomic E-state index is 12.8. The lowest BCUT2D eigenvalue weighted by atomic mass is 10.3. The minimum Gasteiger partial charge on any atom is -0.481 e. The number of carboxylic acids is 1. The summed E-state index contributed by atoms with van der Waals surface area (Å²) in [6.07, 6.45) is -0.362. The molecule has 0 aromatic heterocycles. The van der Waals surface area contributed by atoms with E-state index in [1.54, 1.807) is 0 Å². The van der Waals surface area contributed by atoms with Crippen molar-refractivity contribution in [2.24, 2.45) is 0 Å². The van der Waals surface area contributed by atoms with Crippen LogP contribution in [0, 0.1) is 11.6 Å². The van der Waals surface area contributed by atoms with Crippen LogP contribution < -0.4 is 0 Å². The summed E-state index contributed by atoms with van der Waals surface area (Å²) in [6, 6.07) is 2.26. The van der Waals surface area contributed by atoms with Crippen LogP contribution in [0.25, 0.3) is 0 Å². The Balaban J connectivity index is 2.82. The number of carbonyl (C=O) groups is 1. The topological polar surface area (TPSA) is 71.4 Å². The summed E-state index contributed by atoms with van der Waals surface area (Å²) < 4.78 is 48.6. The second-order valence-corrected chi connectivity index (χ2v) is 5.50. The van der Waals surface area contributed by atoms with Crippen molar-refractivity contribution in [3.8, 4) is 0 Å². The first kappa shape index (κ1) is 13.6. The second-order valence-electron chi connectivity index (χ2n) is 3.39. The standard InChI is InChI=1S/C10H10F2O4S/c11-8-4-3-7(6-9(8)12)17(15,16)5-1-2-10(13)14/h3-4,6H,1-2,5H2,(H,13,14). The van der Waals surface area contributed by atoms with Gasteiger partial charge < -0.3 is 5.11 Å². The van der Waals surface area contributed by atoms with Gasteiger partial charge in [-0.3, -0.25) is 4.79 Å². The van der Waals surface area contributed by atoms with E-state index < -0.39 is 33.2 Å². The van der Waals surface area contributed by atoms with Crippen molar-refractivity contribution in [1.29, 1.82) is 0 Å². The van der Waals surface area contributed by atoms with Crippen LogP contribution in [0.2, 0.25) is 0 Å². The molecule has 1 rings (SSSR count). The summed E-state index contributed by atoms with van der Waals surface area (Å²) >= 11 is 0. The van der Waals surface area contributed by atoms with Gasteiger partial charge in [0.15, 0.2) is 21.5 Å². The van der Waals surface area contributed by atoms with Gasteiger partial charge in [0.25, 0.3) is 0 Å². The fraction of sp³-hybridized carbons (Fsp3) is 0.300. The average molecular weight is 264 g/mol. The van der Waals surface area contributed by atoms with Crippen molar-refractivity contribution in [3.05, 3.63) is 29.8 Å². The van der Waals surface area contributed by atoms with Gasteiger partial charge >= 0.3 is 5.97 Å². The third kappa shape index (κ3) is 3.77. The lowest BCUT2D eigenvalue weighted by molar-refractivity contribution is -0.137. The summed E-state index contributed by atoms with van der Waals surface area (Å²) in [7, 11) is -3.77. The van der Waals surface area contributed by atoms with Crippen LogP contribution in [0.4, 0.5) is 8.78 Å². The van der Waals surface area contributed by atoms with E-state index in [1.165, 1.54) is 0 Å². The van der Waals surface area contributed by atoms with Gasteiger partial charge in [-0.05, 0) is 24.6 Å². The molecule has 1 aromatic rings. The molecular formula is C10H10F2O4S. The molecule has 1 N–H and O–H groups in total. The zero-order valence-corrected chi connectivity index (χ0v) is 9.51. The van der Waals surface area contributed by atoms with E-state index in [9.17, 15) is 22.0 Å². The predicted molar refractivity (Wildman–Crippen MR) is 55.3 cm³/mol. The zero-order chi connectivity index (χ0) is 13.1. The molecule has 17 heavy (non-hydrogen) atoms. The van der Waals surface area contributed by atoms with E-state index in [-0.39, 0.29) is 17.7 Å². The van der Waals surface area contributed by atoms with E-state index >= 15 is 0 Å². The number of aliphatic carboxylic acids is 1. The molecule has 0 aliphatic heterocycles. The van der Waals surface area contributed by atoms with Gasteiger partial charge in [0, 0.05) is 6.42 Å². The third-order valence-electron chi connectivity index (χ3n) is 2.05. The van der Waals surface area contributed by atoms with Crippen LogP contribution in [-0.4, -0.2) is 25.2 Å². The molecule has 0 radical (unpaired) electrons. The highest BCUT2D eigenvalue weighted by Crippen LogP contribution is 2.16. The Hall–Kier alpha value is -1.50. The quantitative estimate of drug-likeness (QED) is 0.820. The molecule has 0 aliphatic rings. The van der Waals surface area contributed by atoms with Crippen LogP contribution >= 0.6 is 0 Å². The molecule has 0 bridgehead atoms. The minimum atomic E-state index is -3.77. The molecule has 1 aromatic carbocycles. The number of benzene rings is 1. The normalized spacial score (nSPS) is 11.4. The van der Waals surface area contributed by atoms with Crippen LogP contribution in [0.15, 0.2) is 23.1 Å². The lowest BCUT2D eigenvalue weighted by Gasteiger charge is -2.03. The van der Waals surface area contributed by atoms with Crippen molar-refractivity contribution in [2.75, 3.05) is 5.75 Å². The van der Waals surface area contributed by atoms with Gasteiger partial charge in [-0.25, -0.2) is 17.2 Å². The summed E-state index contributed by atoms with van der Waals surface area (Å²) in [5.74, 6) is -3.89. The van der Waals surface area contributed by atoms with Gasteiger partial charge in [0.05, 0.1) is 10.6 Å². The Morgan fingerprint density at radius 3 is 2.41 bits per heavy atom. The van der Waals surface area contributed by atoms with Crippen molar-refractivity contribution in [2.45, 2.75) is 17.7 Å². The number of hydrogen-bond donors (Lipinski definition) is 1. The Morgan fingerprint density at radius 2 is 1.88 bits per heavy atom. The summed E-state index contributed by atoms with van der Waals surface area (Å²) in [6.45, 7) is 0. The van der Waals surface area contributed by atoms with Gasteiger partial charge in [-0.1, -0.05) is 0 Å². The van der Waals surface area contributed by atoms with E-state index in [0.717, 1.165) is 12.1 Å². The number of sulfone groups is 1. The maximum Gasteiger partial charge on any atom is 0.303 e. The molecule has 4 nitrogen and oxygen atoms in total. The highest BCUT2D eigenvalue weighted by atomic mass is 32.2. The van der Waals surface area contributed by atoms with Gasteiger partial charge in [-0.2, -0.15) is 0 Å². The summed E-state index contributed by atoms with van der Waals surface area (Å²) in [4.78, 5) is 9.87. The fourth-order valence-corrected chi connectivity index (χ4v) is 2.52. The molecule has 0 atom stereocenters. The van der Waals surface area contributed by atoms with E-state index in [0.29, 0.717) is 6.07 Å². The Kier molecular flexibility index (Phi) is 4.17. The molecule has 0 heterocycles. The van der Waals surface area contributed by atoms with E-state index in [2.05, 4.69) is 0 Å². The van der Waals surface area contributed by atoms with Crippen molar-refractivity contribution in [1.82, 2.24) is 0 Å². The number of carboxylic acid groups (broad SMARTS) is 1. The molecule has 0 saturated heterocycles. The number of halogens is 2. The molecule has 94 valence electrons. The highest BCUT2D eigenvalue weighted by molar-refractivity contribution is 7.91. The first-order valence-electron chi connectivity index (χ1n) is 4.72. The Morgan fingerprint density at radius 1 is 1.24 bits per heavy atom. The highest BCUT2D eigenvalue weighted by Gasteiger charge is 2.16. The van der Waals surface area contributed by atoms with Crippen molar-refractivity contribution in [3.63, 3.8) is 0 Å². The summed E-state index contributed by atoms with van der Waals surface area (Å²) in [5.41, 5.74) is 0. The smallest absolute Gasteiger partial charge is 0.303 e. The van der Waals surface area contributed by atoms with Crippen LogP contribution in [0.1, 0.15) is 12.8 Å². The average Bonchev–Trinajstić information content (AvgIpc) is 2.21. The monoisotopic (exact) mass is 264 g/mol. The van der Waals surface area contributed by atoms with Crippen molar-refractivity contribution >= 4 is 15.8 Å². The SMILES string of the molecule is O=C(O)CCCS(=O)(=O)c1ccc(F)c(F)c1. The fourth-order valence-electron chi connectivity index (χ4n) is 1.20. The Labute approximate surface area is 96.8 Å². The second kappa shape index (κ2) is 5.22. The van der Waals surface area contributed by atoms with Crippen LogP contribution in [0.5, 0.6) is 0 Å². The lowest BCUT2D eigenvalue weighted by Crippen LogP contribution is -2.09. The van der Waals surface area contributed by atoms with Crippen LogP contribution in [0.3, 0.4) is 0 Å². The zero-order valence-electron chi connectivity index (χ0n) is 8.69. The first-order chi connectivity index (χ1) is 7.83. The Bertz CT molecular complexity index is 525.